The van der Waals surface area contributed by atoms with Crippen LogP contribution in [0.1, 0.15) is 20.8 Å². The Balaban J connectivity index is 2.04. The fraction of sp³-hybridized carbons (Fsp3) is 0.158. The lowest BCUT2D eigenvalue weighted by Gasteiger charge is -2.25. The zero-order valence-electron chi connectivity index (χ0n) is 16.5. The Morgan fingerprint density at radius 1 is 1.13 bits per heavy atom. The molecule has 162 valence electrons. The number of hydrogen-bond acceptors (Lipinski definition) is 5. The van der Waals surface area contributed by atoms with Gasteiger partial charge in [-0.2, -0.15) is 5.10 Å². The zero-order valence-corrected chi connectivity index (χ0v) is 22.0. The second kappa shape index (κ2) is 9.78. The predicted molar refractivity (Wildman–Crippen MR) is 130 cm³/mol. The summed E-state index contributed by atoms with van der Waals surface area (Å²) in [5.74, 6) is -0.493. The fourth-order valence-electron chi connectivity index (χ4n) is 2.61. The van der Waals surface area contributed by atoms with Gasteiger partial charge in [-0.15, -0.1) is 0 Å². The van der Waals surface area contributed by atoms with Crippen LogP contribution in [-0.2, 0) is 0 Å². The number of pyridine rings is 1. The molecule has 2 heterocycles. The number of aromatic nitrogens is 3. The van der Waals surface area contributed by atoms with Crippen LogP contribution in [0.15, 0.2) is 50.1 Å². The van der Waals surface area contributed by atoms with Crippen molar-refractivity contribution >= 4 is 76.9 Å². The standard InChI is InChI=1S/C19H16Br3ClN6O2/c1-27(2)28(3)19(31)11-7-10(20)8-12(21)16(11)25-18(30)14-9-15(22)26-29(14)17-13(23)5-4-6-24-17/h4-9H,1-3H3,(H,25,30). The Morgan fingerprint density at radius 3 is 2.48 bits per heavy atom. The summed E-state index contributed by atoms with van der Waals surface area (Å²) in [6, 6.07) is 8.26. The maximum atomic E-state index is 13.2. The number of amides is 2. The summed E-state index contributed by atoms with van der Waals surface area (Å²) in [5.41, 5.74) is 0.802. The van der Waals surface area contributed by atoms with Crippen LogP contribution in [0.25, 0.3) is 5.82 Å². The molecule has 8 nitrogen and oxygen atoms in total. The summed E-state index contributed by atoms with van der Waals surface area (Å²) in [6.45, 7) is 0. The number of anilines is 1. The predicted octanol–water partition coefficient (Wildman–Crippen LogP) is 5.01. The molecule has 0 aliphatic rings. The zero-order chi connectivity index (χ0) is 22.9. The molecule has 2 aromatic heterocycles. The Labute approximate surface area is 208 Å². The highest BCUT2D eigenvalue weighted by atomic mass is 79.9. The van der Waals surface area contributed by atoms with Crippen molar-refractivity contribution in [2.24, 2.45) is 0 Å². The van der Waals surface area contributed by atoms with Crippen molar-refractivity contribution in [3.63, 3.8) is 0 Å². The van der Waals surface area contributed by atoms with Crippen molar-refractivity contribution in [1.29, 1.82) is 0 Å². The van der Waals surface area contributed by atoms with Crippen molar-refractivity contribution in [2.75, 3.05) is 26.5 Å². The Morgan fingerprint density at radius 2 is 1.84 bits per heavy atom. The van der Waals surface area contributed by atoms with E-state index in [0.717, 1.165) is 0 Å². The van der Waals surface area contributed by atoms with Gasteiger partial charge in [0.1, 0.15) is 10.3 Å². The van der Waals surface area contributed by atoms with Gasteiger partial charge in [-0.1, -0.05) is 27.5 Å². The van der Waals surface area contributed by atoms with Crippen molar-refractivity contribution in [1.82, 2.24) is 24.8 Å². The van der Waals surface area contributed by atoms with E-state index in [0.29, 0.717) is 35.6 Å². The molecule has 2 amide bonds. The van der Waals surface area contributed by atoms with Gasteiger partial charge in [-0.25, -0.2) is 14.7 Å². The molecule has 3 rings (SSSR count). The van der Waals surface area contributed by atoms with E-state index in [4.69, 9.17) is 11.6 Å². The second-order valence-electron chi connectivity index (χ2n) is 6.51. The molecule has 3 aromatic rings. The largest absolute Gasteiger partial charge is 0.319 e. The van der Waals surface area contributed by atoms with Gasteiger partial charge in [0.2, 0.25) is 0 Å². The molecule has 0 spiro atoms. The van der Waals surface area contributed by atoms with Gasteiger partial charge in [0.25, 0.3) is 11.8 Å². The van der Waals surface area contributed by atoms with Crippen LogP contribution in [0, 0.1) is 0 Å². The molecule has 0 unspecified atom stereocenters. The third-order valence-corrected chi connectivity index (χ3v) is 6.04. The van der Waals surface area contributed by atoms with Gasteiger partial charge >= 0.3 is 0 Å². The smallest absolute Gasteiger partial charge is 0.274 e. The summed E-state index contributed by atoms with van der Waals surface area (Å²) >= 11 is 16.4. The molecule has 0 aliphatic heterocycles. The van der Waals surface area contributed by atoms with Crippen LogP contribution in [0.5, 0.6) is 0 Å². The van der Waals surface area contributed by atoms with Crippen LogP contribution in [0.3, 0.4) is 0 Å². The summed E-state index contributed by atoms with van der Waals surface area (Å²) in [6.07, 6.45) is 1.55. The van der Waals surface area contributed by atoms with Crippen LogP contribution in [-0.4, -0.2) is 57.7 Å². The fourth-order valence-corrected chi connectivity index (χ4v) is 4.51. The van der Waals surface area contributed by atoms with Crippen molar-refractivity contribution in [2.45, 2.75) is 0 Å². The lowest BCUT2D eigenvalue weighted by atomic mass is 10.1. The van der Waals surface area contributed by atoms with E-state index in [2.05, 4.69) is 63.2 Å². The first-order chi connectivity index (χ1) is 14.6. The molecule has 1 aromatic carbocycles. The highest BCUT2D eigenvalue weighted by molar-refractivity contribution is 9.11. The highest BCUT2D eigenvalue weighted by Crippen LogP contribution is 2.32. The molecular weight excluding hydrogens is 619 g/mol. The molecule has 1 N–H and O–H groups in total. The van der Waals surface area contributed by atoms with E-state index < -0.39 is 5.91 Å². The number of carbonyl (C=O) groups excluding carboxylic acids is 2. The minimum atomic E-state index is -0.496. The highest BCUT2D eigenvalue weighted by Gasteiger charge is 2.24. The van der Waals surface area contributed by atoms with E-state index in [9.17, 15) is 9.59 Å². The third-order valence-electron chi connectivity index (χ3n) is 4.27. The van der Waals surface area contributed by atoms with Crippen LogP contribution < -0.4 is 5.32 Å². The molecule has 0 bridgehead atoms. The number of rotatable bonds is 5. The lowest BCUT2D eigenvalue weighted by Crippen LogP contribution is -2.39. The maximum Gasteiger partial charge on any atom is 0.274 e. The summed E-state index contributed by atoms with van der Waals surface area (Å²) < 4.78 is 2.98. The van der Waals surface area contributed by atoms with E-state index in [-0.39, 0.29) is 11.6 Å². The third kappa shape index (κ3) is 5.17. The van der Waals surface area contributed by atoms with Crippen molar-refractivity contribution in [3.05, 3.63) is 66.4 Å². The summed E-state index contributed by atoms with van der Waals surface area (Å²) in [5, 5.41) is 10.5. The first-order valence-corrected chi connectivity index (χ1v) is 11.5. The maximum absolute atomic E-state index is 13.2. The number of carbonyl (C=O) groups is 2. The van der Waals surface area contributed by atoms with Crippen LogP contribution in [0.2, 0.25) is 5.02 Å². The lowest BCUT2D eigenvalue weighted by molar-refractivity contribution is 0.0342. The molecule has 0 saturated heterocycles. The minimum absolute atomic E-state index is 0.182. The molecule has 0 fully saturated rings. The topological polar surface area (TPSA) is 83.4 Å². The average molecular weight is 636 g/mol. The Bertz CT molecular complexity index is 1170. The molecular formula is C19H16Br3ClN6O2. The molecule has 0 atom stereocenters. The number of nitrogens with one attached hydrogen (secondary N) is 1. The van der Waals surface area contributed by atoms with Gasteiger partial charge in [0, 0.05) is 42.4 Å². The summed E-state index contributed by atoms with van der Waals surface area (Å²) in [7, 11) is 5.13. The monoisotopic (exact) mass is 632 g/mol. The molecule has 31 heavy (non-hydrogen) atoms. The van der Waals surface area contributed by atoms with E-state index >= 15 is 0 Å². The van der Waals surface area contributed by atoms with Gasteiger partial charge in [-0.3, -0.25) is 14.6 Å². The Hall–Kier alpha value is -1.79. The number of hydrogen-bond donors (Lipinski definition) is 1. The van der Waals surface area contributed by atoms with E-state index in [1.54, 1.807) is 62.7 Å². The number of hydrazine groups is 1. The second-order valence-corrected chi connectivity index (χ2v) is 9.50. The van der Waals surface area contributed by atoms with Crippen LogP contribution >= 0.6 is 59.4 Å². The first kappa shape index (κ1) is 23.9. The Kier molecular flexibility index (Phi) is 7.53. The van der Waals surface area contributed by atoms with Crippen molar-refractivity contribution < 1.29 is 9.59 Å². The quantitative estimate of drug-likeness (QED) is 0.399. The van der Waals surface area contributed by atoms with Gasteiger partial charge in [0.15, 0.2) is 5.82 Å². The van der Waals surface area contributed by atoms with Gasteiger partial charge < -0.3 is 5.32 Å². The normalized spacial score (nSPS) is 11.0. The number of nitrogens with zero attached hydrogens (tertiary/aromatic N) is 5. The molecule has 12 heteroatoms. The van der Waals surface area contributed by atoms with Gasteiger partial charge in [0.05, 0.1) is 16.3 Å². The minimum Gasteiger partial charge on any atom is -0.319 e. The first-order valence-electron chi connectivity index (χ1n) is 8.72. The molecule has 0 saturated carbocycles. The summed E-state index contributed by atoms with van der Waals surface area (Å²) in [4.78, 5) is 30.4. The SMILES string of the molecule is CN(C)N(C)C(=O)c1cc(Br)cc(Br)c1NC(=O)c1cc(Br)nn1-c1ncccc1Cl. The average Bonchev–Trinajstić information content (AvgIpc) is 3.10. The van der Waals surface area contributed by atoms with E-state index in [1.807, 2.05) is 0 Å². The van der Waals surface area contributed by atoms with Crippen molar-refractivity contribution in [3.8, 4) is 5.82 Å². The molecule has 0 radical (unpaired) electrons. The van der Waals surface area contributed by atoms with Crippen LogP contribution in [0.4, 0.5) is 5.69 Å². The number of benzene rings is 1. The number of halogens is 4. The molecule has 0 aliphatic carbocycles. The van der Waals surface area contributed by atoms with E-state index in [1.165, 1.54) is 9.69 Å². The van der Waals surface area contributed by atoms with Gasteiger partial charge in [-0.05, 0) is 56.1 Å².